The maximum Gasteiger partial charge on any atom is 0.338 e. The molecule has 2 fully saturated rings. The van der Waals surface area contributed by atoms with E-state index >= 15 is 0 Å². The van der Waals surface area contributed by atoms with Crippen molar-refractivity contribution in [2.24, 2.45) is 0 Å². The topological polar surface area (TPSA) is 81.8 Å². The van der Waals surface area contributed by atoms with Crippen LogP contribution in [0.3, 0.4) is 0 Å². The summed E-state index contributed by atoms with van der Waals surface area (Å²) in [6.07, 6.45) is 3.26. The van der Waals surface area contributed by atoms with E-state index < -0.39 is 5.60 Å². The van der Waals surface area contributed by atoms with Gasteiger partial charge < -0.3 is 23.5 Å². The molecule has 0 spiro atoms. The molecule has 0 amide bonds. The summed E-state index contributed by atoms with van der Waals surface area (Å²) in [6, 6.07) is 13.9. The number of esters is 1. The lowest BCUT2D eigenvalue weighted by Crippen LogP contribution is -2.48. The predicted molar refractivity (Wildman–Crippen MR) is 173 cm³/mol. The highest BCUT2D eigenvalue weighted by Gasteiger charge is 2.26. The minimum Gasteiger partial charge on any atom is -0.456 e. The molecule has 0 radical (unpaired) electrons. The van der Waals surface area contributed by atoms with Gasteiger partial charge in [0.25, 0.3) is 5.56 Å². The Kier molecular flexibility index (Phi) is 8.99. The summed E-state index contributed by atoms with van der Waals surface area (Å²) >= 11 is 5.88. The van der Waals surface area contributed by atoms with Crippen molar-refractivity contribution in [2.75, 3.05) is 37.7 Å². The van der Waals surface area contributed by atoms with Gasteiger partial charge in [0.15, 0.2) is 0 Å². The molecule has 2 aliphatic heterocycles. The van der Waals surface area contributed by atoms with Gasteiger partial charge in [-0.05, 0) is 81.6 Å². The van der Waals surface area contributed by atoms with Crippen molar-refractivity contribution in [1.29, 1.82) is 0 Å². The van der Waals surface area contributed by atoms with Crippen LogP contribution in [-0.2, 0) is 35.5 Å². The van der Waals surface area contributed by atoms with Gasteiger partial charge in [-0.1, -0.05) is 17.7 Å². The average molecular weight is 636 g/mol. The summed E-state index contributed by atoms with van der Waals surface area (Å²) in [5.74, 6) is 0.207. The normalized spacial score (nSPS) is 17.4. The van der Waals surface area contributed by atoms with E-state index in [0.717, 1.165) is 43.0 Å². The number of ether oxygens (including phenoxy) is 2. The number of pyridine rings is 1. The number of aryl methyl sites for hydroxylation is 2. The SMILES string of the molecule is CC(C)(C)OC(=O)c1ccc2nc(CN3CCN(c4cccn(CCc5ccc(Cl)cc5F)c4=O)CC3)n(C[C@@H]3CCO3)c2c1. The Balaban J connectivity index is 1.14. The minimum absolute atomic E-state index is 0.0802. The minimum atomic E-state index is -0.580. The van der Waals surface area contributed by atoms with Crippen molar-refractivity contribution in [3.8, 4) is 0 Å². The second-order valence-corrected chi connectivity index (χ2v) is 13.2. The zero-order chi connectivity index (χ0) is 31.7. The first-order valence-corrected chi connectivity index (χ1v) is 15.9. The molecule has 2 saturated heterocycles. The van der Waals surface area contributed by atoms with Crippen molar-refractivity contribution in [3.05, 3.63) is 92.9 Å². The fourth-order valence-corrected chi connectivity index (χ4v) is 6.01. The summed E-state index contributed by atoms with van der Waals surface area (Å²) in [5, 5.41) is 0.353. The Labute approximate surface area is 267 Å². The van der Waals surface area contributed by atoms with Gasteiger partial charge in [-0.3, -0.25) is 9.69 Å². The fourth-order valence-electron chi connectivity index (χ4n) is 5.85. The highest BCUT2D eigenvalue weighted by molar-refractivity contribution is 6.30. The first kappa shape index (κ1) is 31.3. The molecule has 0 bridgehead atoms. The summed E-state index contributed by atoms with van der Waals surface area (Å²) in [7, 11) is 0. The molecule has 11 heteroatoms. The van der Waals surface area contributed by atoms with Crippen LogP contribution in [0.25, 0.3) is 11.0 Å². The quantitative estimate of drug-likeness (QED) is 0.231. The van der Waals surface area contributed by atoms with Crippen molar-refractivity contribution in [3.63, 3.8) is 0 Å². The van der Waals surface area contributed by atoms with Crippen LogP contribution in [0.15, 0.2) is 59.5 Å². The van der Waals surface area contributed by atoms with E-state index in [4.69, 9.17) is 26.1 Å². The lowest BCUT2D eigenvalue weighted by molar-refractivity contribution is -0.0592. The molecular weight excluding hydrogens is 597 g/mol. The number of fused-ring (bicyclic) bond motifs is 1. The molecule has 9 nitrogen and oxygen atoms in total. The second-order valence-electron chi connectivity index (χ2n) is 12.8. The number of rotatable bonds is 9. The molecule has 6 rings (SSSR count). The van der Waals surface area contributed by atoms with Crippen LogP contribution < -0.4 is 10.5 Å². The lowest BCUT2D eigenvalue weighted by atomic mass is 10.1. The highest BCUT2D eigenvalue weighted by atomic mass is 35.5. The number of carbonyl (C=O) groups excluding carboxylic acids is 1. The summed E-state index contributed by atoms with van der Waals surface area (Å²) < 4.78 is 29.5. The van der Waals surface area contributed by atoms with Crippen molar-refractivity contribution >= 4 is 34.3 Å². The van der Waals surface area contributed by atoms with Gasteiger partial charge in [0.05, 0.1) is 35.8 Å². The zero-order valence-electron chi connectivity index (χ0n) is 26.0. The number of nitrogens with zero attached hydrogens (tertiary/aromatic N) is 5. The predicted octanol–water partition coefficient (Wildman–Crippen LogP) is 5.30. The summed E-state index contributed by atoms with van der Waals surface area (Å²) in [4.78, 5) is 35.6. The van der Waals surface area contributed by atoms with Crippen LogP contribution in [0.2, 0.25) is 5.02 Å². The molecule has 2 aromatic heterocycles. The number of halogens is 2. The Bertz CT molecular complexity index is 1750. The summed E-state index contributed by atoms with van der Waals surface area (Å²) in [5.41, 5.74) is 2.75. The number of hydrogen-bond acceptors (Lipinski definition) is 7. The van der Waals surface area contributed by atoms with Crippen LogP contribution in [0.1, 0.15) is 48.9 Å². The standard InChI is InChI=1S/C34H39ClFN5O4/c1-34(2,3)45-33(43)24-7-9-28-30(19-24)41(21-26-11-18-44-26)31(37-28)22-38-14-16-39(17-15-38)29-5-4-12-40(32(29)42)13-10-23-6-8-25(35)20-27(23)36/h4-9,12,19-20,26H,10-11,13-18,21-22H2,1-3H3/t26-/m0/s1. The third kappa shape index (κ3) is 7.24. The number of benzene rings is 2. The van der Waals surface area contributed by atoms with Crippen LogP contribution in [0.4, 0.5) is 10.1 Å². The highest BCUT2D eigenvalue weighted by Crippen LogP contribution is 2.25. The van der Waals surface area contributed by atoms with E-state index in [1.165, 1.54) is 6.07 Å². The van der Waals surface area contributed by atoms with Gasteiger partial charge in [0.1, 0.15) is 22.9 Å². The van der Waals surface area contributed by atoms with Gasteiger partial charge in [0.2, 0.25) is 0 Å². The van der Waals surface area contributed by atoms with Crippen molar-refractivity contribution < 1.29 is 18.7 Å². The van der Waals surface area contributed by atoms with Gasteiger partial charge in [-0.15, -0.1) is 0 Å². The molecular formula is C34H39ClFN5O4. The molecule has 0 N–H and O–H groups in total. The maximum absolute atomic E-state index is 14.3. The van der Waals surface area contributed by atoms with E-state index in [1.807, 2.05) is 45.0 Å². The Morgan fingerprint density at radius 3 is 2.58 bits per heavy atom. The molecule has 45 heavy (non-hydrogen) atoms. The smallest absolute Gasteiger partial charge is 0.338 e. The van der Waals surface area contributed by atoms with E-state index in [1.54, 1.807) is 29.0 Å². The van der Waals surface area contributed by atoms with Crippen molar-refractivity contribution in [2.45, 2.75) is 65.0 Å². The molecule has 2 aliphatic rings. The zero-order valence-corrected chi connectivity index (χ0v) is 26.7. The Morgan fingerprint density at radius 1 is 1.11 bits per heavy atom. The number of carbonyl (C=O) groups is 1. The number of imidazole rings is 1. The van der Waals surface area contributed by atoms with Gasteiger partial charge in [-0.25, -0.2) is 14.2 Å². The molecule has 1 atom stereocenters. The summed E-state index contributed by atoms with van der Waals surface area (Å²) in [6.45, 7) is 10.9. The Morgan fingerprint density at radius 2 is 1.89 bits per heavy atom. The fraction of sp³-hybridized carbons (Fsp3) is 0.441. The van der Waals surface area contributed by atoms with Crippen LogP contribution >= 0.6 is 11.6 Å². The van der Waals surface area contributed by atoms with Crippen LogP contribution in [-0.4, -0.2) is 69.5 Å². The molecule has 0 aliphatic carbocycles. The van der Waals surface area contributed by atoms with E-state index in [-0.39, 0.29) is 23.4 Å². The second kappa shape index (κ2) is 12.9. The number of anilines is 1. The van der Waals surface area contributed by atoms with Crippen LogP contribution in [0.5, 0.6) is 0 Å². The van der Waals surface area contributed by atoms with Crippen LogP contribution in [0, 0.1) is 5.82 Å². The van der Waals surface area contributed by atoms with Gasteiger partial charge in [0, 0.05) is 50.6 Å². The first-order chi connectivity index (χ1) is 21.5. The monoisotopic (exact) mass is 635 g/mol. The number of aromatic nitrogens is 3. The molecule has 4 heterocycles. The van der Waals surface area contributed by atoms with Gasteiger partial charge in [-0.2, -0.15) is 0 Å². The van der Waals surface area contributed by atoms with E-state index in [9.17, 15) is 14.0 Å². The largest absolute Gasteiger partial charge is 0.456 e. The van der Waals surface area contributed by atoms with E-state index in [2.05, 4.69) is 14.4 Å². The third-order valence-electron chi connectivity index (χ3n) is 8.36. The molecule has 4 aromatic rings. The number of hydrogen-bond donors (Lipinski definition) is 0. The molecule has 238 valence electrons. The third-order valence-corrected chi connectivity index (χ3v) is 8.59. The van der Waals surface area contributed by atoms with Crippen molar-refractivity contribution in [1.82, 2.24) is 19.0 Å². The number of piperazine rings is 1. The maximum atomic E-state index is 14.3. The lowest BCUT2D eigenvalue weighted by Gasteiger charge is -2.36. The molecule has 0 unspecified atom stereocenters. The first-order valence-electron chi connectivity index (χ1n) is 15.5. The average Bonchev–Trinajstić information content (AvgIpc) is 3.30. The Hall–Kier alpha value is -3.73. The van der Waals surface area contributed by atoms with Gasteiger partial charge >= 0.3 is 5.97 Å². The molecule has 2 aromatic carbocycles. The molecule has 0 saturated carbocycles. The van der Waals surface area contributed by atoms with E-state index in [0.29, 0.717) is 61.0 Å².